The van der Waals surface area contributed by atoms with E-state index in [4.69, 9.17) is 4.74 Å². The molecule has 3 heteroatoms. The molecule has 0 bridgehead atoms. The molecule has 1 fully saturated rings. The van der Waals surface area contributed by atoms with Crippen molar-refractivity contribution in [3.05, 3.63) is 0 Å². The molecule has 0 unspecified atom stereocenters. The fourth-order valence-corrected chi connectivity index (χ4v) is 1.51. The van der Waals surface area contributed by atoms with E-state index in [2.05, 4.69) is 12.2 Å². The second-order valence-electron chi connectivity index (χ2n) is 4.08. The summed E-state index contributed by atoms with van der Waals surface area (Å²) in [5.74, 6) is 0.00924. The number of rotatable bonds is 5. The van der Waals surface area contributed by atoms with Gasteiger partial charge in [0, 0.05) is 13.2 Å². The van der Waals surface area contributed by atoms with Crippen LogP contribution >= 0.6 is 0 Å². The van der Waals surface area contributed by atoms with Gasteiger partial charge in [0.2, 0.25) is 5.91 Å². The largest absolute Gasteiger partial charge is 0.372 e. The molecular weight excluding hydrogens is 166 g/mol. The summed E-state index contributed by atoms with van der Waals surface area (Å²) in [7, 11) is 0. The normalized spacial score (nSPS) is 19.2. The van der Waals surface area contributed by atoms with E-state index in [0.717, 1.165) is 6.54 Å². The Bertz CT molecular complexity index is 176. The molecule has 0 saturated heterocycles. The molecule has 0 atom stereocenters. The average Bonchev–Trinajstić information content (AvgIpc) is 2.08. The lowest BCUT2D eigenvalue weighted by Crippen LogP contribution is -2.41. The molecule has 0 aromatic rings. The first kappa shape index (κ1) is 10.5. The lowest BCUT2D eigenvalue weighted by Gasteiger charge is -2.38. The van der Waals surface area contributed by atoms with Crippen molar-refractivity contribution in [1.82, 2.24) is 5.32 Å². The van der Waals surface area contributed by atoms with Crippen LogP contribution in [0.4, 0.5) is 0 Å². The SMILES string of the molecule is CCOCC(=O)NCC1(C)CCC1. The molecule has 1 saturated carbocycles. The van der Waals surface area contributed by atoms with Crippen LogP contribution in [0.1, 0.15) is 33.1 Å². The van der Waals surface area contributed by atoms with E-state index in [9.17, 15) is 4.79 Å². The van der Waals surface area contributed by atoms with Crippen LogP contribution in [-0.4, -0.2) is 25.7 Å². The predicted octanol–water partition coefficient (Wildman–Crippen LogP) is 1.33. The molecular formula is C10H19NO2. The van der Waals surface area contributed by atoms with E-state index in [1.54, 1.807) is 0 Å². The summed E-state index contributed by atoms with van der Waals surface area (Å²) in [6.07, 6.45) is 3.78. The maximum atomic E-state index is 11.2. The lowest BCUT2D eigenvalue weighted by atomic mass is 9.70. The minimum absolute atomic E-state index is 0.00924. The quantitative estimate of drug-likeness (QED) is 0.701. The Morgan fingerprint density at radius 1 is 1.54 bits per heavy atom. The molecule has 0 aromatic heterocycles. The fraction of sp³-hybridized carbons (Fsp3) is 0.900. The summed E-state index contributed by atoms with van der Waals surface area (Å²) in [6.45, 7) is 5.72. The zero-order valence-corrected chi connectivity index (χ0v) is 8.56. The van der Waals surface area contributed by atoms with Crippen molar-refractivity contribution in [2.24, 2.45) is 5.41 Å². The van der Waals surface area contributed by atoms with Gasteiger partial charge in [0.25, 0.3) is 0 Å². The zero-order valence-electron chi connectivity index (χ0n) is 8.56. The van der Waals surface area contributed by atoms with E-state index < -0.39 is 0 Å². The molecule has 1 amide bonds. The highest BCUT2D eigenvalue weighted by atomic mass is 16.5. The summed E-state index contributed by atoms with van der Waals surface area (Å²) in [5, 5.41) is 2.90. The van der Waals surface area contributed by atoms with Crippen molar-refractivity contribution in [3.63, 3.8) is 0 Å². The second-order valence-corrected chi connectivity index (χ2v) is 4.08. The number of hydrogen-bond donors (Lipinski definition) is 1. The Hall–Kier alpha value is -0.570. The Morgan fingerprint density at radius 2 is 2.23 bits per heavy atom. The van der Waals surface area contributed by atoms with Crippen molar-refractivity contribution >= 4 is 5.91 Å². The van der Waals surface area contributed by atoms with Crippen molar-refractivity contribution in [3.8, 4) is 0 Å². The highest BCUT2D eigenvalue weighted by Crippen LogP contribution is 2.39. The molecule has 1 aliphatic rings. The van der Waals surface area contributed by atoms with Crippen LogP contribution in [0.25, 0.3) is 0 Å². The van der Waals surface area contributed by atoms with Crippen LogP contribution in [0.15, 0.2) is 0 Å². The van der Waals surface area contributed by atoms with Gasteiger partial charge in [-0.3, -0.25) is 4.79 Å². The molecule has 0 spiro atoms. The van der Waals surface area contributed by atoms with E-state index in [-0.39, 0.29) is 12.5 Å². The van der Waals surface area contributed by atoms with Gasteiger partial charge in [-0.1, -0.05) is 13.3 Å². The Balaban J connectivity index is 2.07. The predicted molar refractivity (Wildman–Crippen MR) is 51.5 cm³/mol. The van der Waals surface area contributed by atoms with Crippen LogP contribution in [-0.2, 0) is 9.53 Å². The third-order valence-corrected chi connectivity index (χ3v) is 2.71. The fourth-order valence-electron chi connectivity index (χ4n) is 1.51. The van der Waals surface area contributed by atoms with E-state index in [1.807, 2.05) is 6.92 Å². The summed E-state index contributed by atoms with van der Waals surface area (Å²) >= 11 is 0. The van der Waals surface area contributed by atoms with Gasteiger partial charge in [0.15, 0.2) is 0 Å². The van der Waals surface area contributed by atoms with Crippen LogP contribution in [0.5, 0.6) is 0 Å². The minimum Gasteiger partial charge on any atom is -0.372 e. The van der Waals surface area contributed by atoms with Crippen LogP contribution in [0.3, 0.4) is 0 Å². The van der Waals surface area contributed by atoms with Gasteiger partial charge in [-0.15, -0.1) is 0 Å². The maximum absolute atomic E-state index is 11.2. The topological polar surface area (TPSA) is 38.3 Å². The third kappa shape index (κ3) is 3.35. The van der Waals surface area contributed by atoms with Crippen LogP contribution in [0.2, 0.25) is 0 Å². The van der Waals surface area contributed by atoms with Crippen LogP contribution < -0.4 is 5.32 Å². The molecule has 0 aliphatic heterocycles. The van der Waals surface area contributed by atoms with Gasteiger partial charge in [-0.05, 0) is 25.2 Å². The molecule has 13 heavy (non-hydrogen) atoms. The van der Waals surface area contributed by atoms with Crippen molar-refractivity contribution < 1.29 is 9.53 Å². The molecule has 0 radical (unpaired) electrons. The molecule has 1 aliphatic carbocycles. The van der Waals surface area contributed by atoms with Crippen LogP contribution in [0, 0.1) is 5.41 Å². The number of amides is 1. The van der Waals surface area contributed by atoms with Gasteiger partial charge in [0.1, 0.15) is 6.61 Å². The van der Waals surface area contributed by atoms with Gasteiger partial charge >= 0.3 is 0 Å². The van der Waals surface area contributed by atoms with Gasteiger partial charge < -0.3 is 10.1 Å². The number of nitrogens with one attached hydrogen (secondary N) is 1. The average molecular weight is 185 g/mol. The lowest BCUT2D eigenvalue weighted by molar-refractivity contribution is -0.126. The first-order valence-corrected chi connectivity index (χ1v) is 5.01. The molecule has 0 heterocycles. The van der Waals surface area contributed by atoms with Gasteiger partial charge in [-0.25, -0.2) is 0 Å². The standard InChI is InChI=1S/C10H19NO2/c1-3-13-7-9(12)11-8-10(2)5-4-6-10/h3-8H2,1-2H3,(H,11,12). The molecule has 1 rings (SSSR count). The number of carbonyl (C=O) groups excluding carboxylic acids is 1. The van der Waals surface area contributed by atoms with E-state index in [1.165, 1.54) is 19.3 Å². The smallest absolute Gasteiger partial charge is 0.246 e. The highest BCUT2D eigenvalue weighted by Gasteiger charge is 2.31. The Kier molecular flexibility index (Phi) is 3.72. The van der Waals surface area contributed by atoms with E-state index >= 15 is 0 Å². The summed E-state index contributed by atoms with van der Waals surface area (Å²) in [4.78, 5) is 11.2. The molecule has 3 nitrogen and oxygen atoms in total. The molecule has 76 valence electrons. The monoisotopic (exact) mass is 185 g/mol. The summed E-state index contributed by atoms with van der Waals surface area (Å²) in [5.41, 5.74) is 0.363. The molecule has 1 N–H and O–H groups in total. The Morgan fingerprint density at radius 3 is 2.69 bits per heavy atom. The molecule has 0 aromatic carbocycles. The van der Waals surface area contributed by atoms with Crippen molar-refractivity contribution in [1.29, 1.82) is 0 Å². The van der Waals surface area contributed by atoms with Crippen molar-refractivity contribution in [2.45, 2.75) is 33.1 Å². The third-order valence-electron chi connectivity index (χ3n) is 2.71. The minimum atomic E-state index is 0.00924. The van der Waals surface area contributed by atoms with Gasteiger partial charge in [-0.2, -0.15) is 0 Å². The maximum Gasteiger partial charge on any atom is 0.246 e. The number of ether oxygens (including phenoxy) is 1. The second kappa shape index (κ2) is 4.61. The number of hydrogen-bond acceptors (Lipinski definition) is 2. The summed E-state index contributed by atoms with van der Waals surface area (Å²) < 4.78 is 5.00. The summed E-state index contributed by atoms with van der Waals surface area (Å²) in [6, 6.07) is 0. The first-order valence-electron chi connectivity index (χ1n) is 5.01. The number of carbonyl (C=O) groups is 1. The Labute approximate surface area is 79.8 Å². The van der Waals surface area contributed by atoms with Gasteiger partial charge in [0.05, 0.1) is 0 Å². The zero-order chi connectivity index (χ0) is 9.73. The first-order chi connectivity index (χ1) is 6.16. The highest BCUT2D eigenvalue weighted by molar-refractivity contribution is 5.77. The van der Waals surface area contributed by atoms with E-state index in [0.29, 0.717) is 12.0 Å². The van der Waals surface area contributed by atoms with Crippen molar-refractivity contribution in [2.75, 3.05) is 19.8 Å².